The maximum atomic E-state index is 12.3. The van der Waals surface area contributed by atoms with Crippen LogP contribution in [0.15, 0.2) is 11.1 Å². The number of esters is 3. The van der Waals surface area contributed by atoms with E-state index in [1.807, 2.05) is 0 Å². The van der Waals surface area contributed by atoms with Crippen LogP contribution >= 0.6 is 0 Å². The van der Waals surface area contributed by atoms with E-state index < -0.39 is 48.1 Å². The van der Waals surface area contributed by atoms with Gasteiger partial charge in [0.25, 0.3) is 0 Å². The lowest BCUT2D eigenvalue weighted by Crippen LogP contribution is -2.40. The highest BCUT2D eigenvalue weighted by atomic mass is 16.7. The molecule has 1 N–H and O–H groups in total. The highest BCUT2D eigenvalue weighted by Gasteiger charge is 2.51. The Hall–Kier alpha value is -3.88. The first-order chi connectivity index (χ1) is 14.8. The quantitative estimate of drug-likeness (QED) is 0.362. The van der Waals surface area contributed by atoms with Crippen LogP contribution in [0.1, 0.15) is 27.0 Å². The number of tetrazole rings is 1. The smallest absolute Gasteiger partial charge is 0.351 e. The third kappa shape index (κ3) is 3.70. The summed E-state index contributed by atoms with van der Waals surface area (Å²) in [5, 5.41) is 10.8. The van der Waals surface area contributed by atoms with Gasteiger partial charge < -0.3 is 18.9 Å². The average molecular weight is 435 g/mol. The van der Waals surface area contributed by atoms with Crippen LogP contribution in [0.2, 0.25) is 0 Å². The summed E-state index contributed by atoms with van der Waals surface area (Å²) >= 11 is 0. The predicted molar refractivity (Wildman–Crippen MR) is 96.3 cm³/mol. The van der Waals surface area contributed by atoms with Crippen molar-refractivity contribution >= 4 is 34.7 Å². The lowest BCUT2D eigenvalue weighted by Gasteiger charge is -2.23. The number of hydrogen-bond donors (Lipinski definition) is 1. The van der Waals surface area contributed by atoms with Gasteiger partial charge in [0.15, 0.2) is 24.0 Å². The van der Waals surface area contributed by atoms with Crippen molar-refractivity contribution in [2.75, 3.05) is 6.61 Å². The Morgan fingerprint density at radius 2 is 1.84 bits per heavy atom. The van der Waals surface area contributed by atoms with Crippen molar-refractivity contribution < 1.29 is 33.3 Å². The molecular formula is C16H17N7O8. The fraction of sp³-hybridized carbons (Fsp3) is 0.500. The summed E-state index contributed by atoms with van der Waals surface area (Å²) < 4.78 is 24.0. The van der Waals surface area contributed by atoms with Crippen molar-refractivity contribution in [1.82, 2.24) is 34.6 Å². The average Bonchev–Trinajstić information content (AvgIpc) is 3.38. The molecule has 0 radical (unpaired) electrons. The monoisotopic (exact) mass is 435 g/mol. The Balaban J connectivity index is 1.80. The fourth-order valence-electron chi connectivity index (χ4n) is 3.38. The third-order valence-corrected chi connectivity index (χ3v) is 4.51. The van der Waals surface area contributed by atoms with Crippen LogP contribution in [0.4, 0.5) is 0 Å². The zero-order chi connectivity index (χ0) is 22.3. The highest BCUT2D eigenvalue weighted by Crippen LogP contribution is 2.35. The van der Waals surface area contributed by atoms with E-state index in [-0.39, 0.29) is 23.4 Å². The zero-order valence-electron chi connectivity index (χ0n) is 16.5. The van der Waals surface area contributed by atoms with Gasteiger partial charge in [-0.2, -0.15) is 0 Å². The number of nitrogens with one attached hydrogen (secondary N) is 1. The Morgan fingerprint density at radius 3 is 2.52 bits per heavy atom. The van der Waals surface area contributed by atoms with Crippen molar-refractivity contribution in [3.8, 4) is 0 Å². The van der Waals surface area contributed by atoms with Crippen LogP contribution in [-0.4, -0.2) is 77.4 Å². The first-order valence-corrected chi connectivity index (χ1v) is 9.06. The molecule has 15 heteroatoms. The Kier molecular flexibility index (Phi) is 5.10. The molecular weight excluding hydrogens is 418 g/mol. The van der Waals surface area contributed by atoms with Gasteiger partial charge in [-0.3, -0.25) is 23.9 Å². The number of aromatic nitrogens is 7. The molecule has 1 saturated heterocycles. The molecule has 0 unspecified atom stereocenters. The maximum Gasteiger partial charge on any atom is 0.351 e. The molecule has 0 saturated carbocycles. The Labute approximate surface area is 172 Å². The molecule has 1 aliphatic rings. The lowest BCUT2D eigenvalue weighted by molar-refractivity contribution is -0.166. The van der Waals surface area contributed by atoms with Gasteiger partial charge in [0.2, 0.25) is 5.65 Å². The molecule has 4 atom stereocenters. The summed E-state index contributed by atoms with van der Waals surface area (Å²) in [6.07, 6.45) is -2.92. The number of nitrogens with zero attached hydrogens (tertiary/aromatic N) is 6. The molecule has 0 aliphatic carbocycles. The van der Waals surface area contributed by atoms with Crippen LogP contribution in [0.5, 0.6) is 0 Å². The Bertz CT molecular complexity index is 1230. The molecule has 4 rings (SSSR count). The van der Waals surface area contributed by atoms with Gasteiger partial charge in [0.1, 0.15) is 18.4 Å². The summed E-state index contributed by atoms with van der Waals surface area (Å²) in [5.74, 6) is -1.89. The number of rotatable bonds is 5. The van der Waals surface area contributed by atoms with Gasteiger partial charge in [-0.25, -0.2) is 9.78 Å². The first kappa shape index (κ1) is 20.4. The van der Waals surface area contributed by atoms with E-state index in [1.165, 1.54) is 31.7 Å². The molecule has 4 heterocycles. The molecule has 164 valence electrons. The number of H-pyrrole nitrogens is 1. The van der Waals surface area contributed by atoms with Crippen molar-refractivity contribution in [2.45, 2.75) is 45.3 Å². The van der Waals surface area contributed by atoms with Crippen LogP contribution in [-0.2, 0) is 33.3 Å². The van der Waals surface area contributed by atoms with E-state index in [1.54, 1.807) is 0 Å². The van der Waals surface area contributed by atoms with E-state index in [0.717, 1.165) is 4.52 Å². The van der Waals surface area contributed by atoms with Crippen LogP contribution in [0, 0.1) is 0 Å². The number of ether oxygens (including phenoxy) is 4. The number of imidazole rings is 1. The normalized spacial score (nSPS) is 23.2. The minimum Gasteiger partial charge on any atom is -0.463 e. The minimum absolute atomic E-state index is 0.104. The van der Waals surface area contributed by atoms with E-state index in [0.29, 0.717) is 0 Å². The molecule has 31 heavy (non-hydrogen) atoms. The second kappa shape index (κ2) is 7.75. The van der Waals surface area contributed by atoms with Gasteiger partial charge in [0, 0.05) is 20.8 Å². The van der Waals surface area contributed by atoms with Gasteiger partial charge in [-0.15, -0.1) is 9.61 Å². The lowest BCUT2D eigenvalue weighted by atomic mass is 10.1. The van der Waals surface area contributed by atoms with Gasteiger partial charge in [-0.1, -0.05) is 0 Å². The van der Waals surface area contributed by atoms with Crippen molar-refractivity contribution in [3.63, 3.8) is 0 Å². The molecule has 0 amide bonds. The van der Waals surface area contributed by atoms with Crippen molar-refractivity contribution in [1.29, 1.82) is 0 Å². The largest absolute Gasteiger partial charge is 0.463 e. The fourth-order valence-corrected chi connectivity index (χ4v) is 3.38. The molecule has 1 aliphatic heterocycles. The zero-order valence-corrected chi connectivity index (χ0v) is 16.5. The highest BCUT2D eigenvalue weighted by molar-refractivity contribution is 5.84. The van der Waals surface area contributed by atoms with E-state index in [2.05, 4.69) is 25.5 Å². The third-order valence-electron chi connectivity index (χ3n) is 4.51. The minimum atomic E-state index is -1.13. The number of hydrogen-bond acceptors (Lipinski definition) is 12. The van der Waals surface area contributed by atoms with Crippen LogP contribution in [0.3, 0.4) is 0 Å². The first-order valence-electron chi connectivity index (χ1n) is 9.06. The number of fused-ring (bicyclic) bond motifs is 3. The molecule has 3 aromatic heterocycles. The van der Waals surface area contributed by atoms with Gasteiger partial charge >= 0.3 is 23.6 Å². The SMILES string of the molecule is CC(=O)OC[C@H]1O[C@@H](n2cnc3c2[nH]c(=O)n2nnnc32)[C@H](OC(C)=O)[C@@H]1OC(C)=O. The summed E-state index contributed by atoms with van der Waals surface area (Å²) in [5.41, 5.74) is -0.0942. The topological polar surface area (TPSA) is 182 Å². The molecule has 0 spiro atoms. The van der Waals surface area contributed by atoms with Crippen molar-refractivity contribution in [2.24, 2.45) is 0 Å². The molecule has 0 bridgehead atoms. The Morgan fingerprint density at radius 1 is 1.13 bits per heavy atom. The second-order valence-corrected chi connectivity index (χ2v) is 6.71. The summed E-state index contributed by atoms with van der Waals surface area (Å²) in [4.78, 5) is 53.8. The van der Waals surface area contributed by atoms with Crippen LogP contribution < -0.4 is 5.69 Å². The van der Waals surface area contributed by atoms with Crippen molar-refractivity contribution in [3.05, 3.63) is 16.8 Å². The standard InChI is InChI=1S/C16H17N7O8/c1-6(24)28-4-9-11(29-7(2)25)12(30-8(3)26)15(31-9)22-5-17-10-13(22)18-16(27)23-14(10)19-20-21-23/h5,9,11-12,15H,4H2,1-3H3,(H,18,27)/t9-,11-,12-,15-/m1/s1. The summed E-state index contributed by atoms with van der Waals surface area (Å²) in [6.45, 7) is 3.31. The number of carbonyl (C=O) groups is 3. The molecule has 0 aromatic carbocycles. The second-order valence-electron chi connectivity index (χ2n) is 6.71. The van der Waals surface area contributed by atoms with Gasteiger partial charge in [-0.05, 0) is 10.4 Å². The van der Waals surface area contributed by atoms with Crippen LogP contribution in [0.25, 0.3) is 16.8 Å². The molecule has 3 aromatic rings. The van der Waals surface area contributed by atoms with E-state index in [9.17, 15) is 19.2 Å². The molecule has 1 fully saturated rings. The maximum absolute atomic E-state index is 12.3. The molecule has 15 nitrogen and oxygen atoms in total. The predicted octanol–water partition coefficient (Wildman–Crippen LogP) is -1.51. The van der Waals surface area contributed by atoms with Gasteiger partial charge in [0.05, 0.1) is 6.33 Å². The van der Waals surface area contributed by atoms with E-state index >= 15 is 0 Å². The van der Waals surface area contributed by atoms with E-state index in [4.69, 9.17) is 18.9 Å². The summed E-state index contributed by atoms with van der Waals surface area (Å²) in [6, 6.07) is 0. The number of aromatic amines is 1. The summed E-state index contributed by atoms with van der Waals surface area (Å²) in [7, 11) is 0. The number of carbonyl (C=O) groups excluding carboxylic acids is 3.